The Morgan fingerprint density at radius 3 is 0.753 bits per heavy atom. The molecule has 0 radical (unpaired) electrons. The number of esters is 3. The maximum Gasteiger partial charge on any atom is 0.306 e. The number of unbranched alkanes of at least 4 members (excludes halogenated alkanes) is 39. The van der Waals surface area contributed by atoms with Gasteiger partial charge in [0.05, 0.1) is 0 Å². The van der Waals surface area contributed by atoms with Crippen LogP contribution in [0.2, 0.25) is 0 Å². The van der Waals surface area contributed by atoms with E-state index in [4.69, 9.17) is 14.2 Å². The van der Waals surface area contributed by atoms with Crippen LogP contribution in [0.1, 0.15) is 355 Å². The van der Waals surface area contributed by atoms with E-state index in [1.54, 1.807) is 0 Å². The van der Waals surface area contributed by atoms with Crippen LogP contribution < -0.4 is 0 Å². The molecule has 6 nitrogen and oxygen atoms in total. The van der Waals surface area contributed by atoms with E-state index in [-0.39, 0.29) is 31.1 Å². The molecule has 0 amide bonds. The first-order valence-corrected chi connectivity index (χ1v) is 35.1. The summed E-state index contributed by atoms with van der Waals surface area (Å²) in [5.41, 5.74) is 0. The van der Waals surface area contributed by atoms with Crippen molar-refractivity contribution in [1.82, 2.24) is 0 Å². The van der Waals surface area contributed by atoms with Crippen molar-refractivity contribution in [2.75, 3.05) is 13.2 Å². The average Bonchev–Trinajstić information content (AvgIpc) is 3.47. The summed E-state index contributed by atoms with van der Waals surface area (Å²) in [5.74, 6) is -0.860. The van der Waals surface area contributed by atoms with E-state index in [1.807, 2.05) is 0 Å². The smallest absolute Gasteiger partial charge is 0.306 e. The van der Waals surface area contributed by atoms with E-state index < -0.39 is 6.10 Å². The summed E-state index contributed by atoms with van der Waals surface area (Å²) < 4.78 is 16.9. The van der Waals surface area contributed by atoms with Gasteiger partial charge in [-0.05, 0) is 96.3 Å². The van der Waals surface area contributed by atoms with Crippen LogP contribution in [0, 0.1) is 0 Å². The highest BCUT2D eigenvalue weighted by Gasteiger charge is 2.19. The van der Waals surface area contributed by atoms with E-state index in [2.05, 4.69) is 106 Å². The van der Waals surface area contributed by atoms with Gasteiger partial charge >= 0.3 is 17.9 Å². The molecule has 0 bridgehead atoms. The van der Waals surface area contributed by atoms with Gasteiger partial charge in [0.15, 0.2) is 6.10 Å². The third kappa shape index (κ3) is 67.3. The fraction of sp³-hybridized carbons (Fsp3) is 0.773. The molecule has 0 saturated heterocycles. The van der Waals surface area contributed by atoms with Crippen LogP contribution in [0.25, 0.3) is 0 Å². The zero-order valence-corrected chi connectivity index (χ0v) is 53.8. The first-order valence-electron chi connectivity index (χ1n) is 35.1. The highest BCUT2D eigenvalue weighted by molar-refractivity contribution is 5.71. The number of allylic oxidation sites excluding steroid dienone is 14. The lowest BCUT2D eigenvalue weighted by Crippen LogP contribution is -2.30. The fourth-order valence-corrected chi connectivity index (χ4v) is 10.2. The second kappa shape index (κ2) is 69.1. The molecule has 1 unspecified atom stereocenters. The van der Waals surface area contributed by atoms with E-state index in [9.17, 15) is 14.4 Å². The first kappa shape index (κ1) is 77.6. The average molecular weight is 1130 g/mol. The summed E-state index contributed by atoms with van der Waals surface area (Å²) in [4.78, 5) is 38.3. The molecule has 0 aromatic rings. The van der Waals surface area contributed by atoms with Crippen molar-refractivity contribution in [3.8, 4) is 0 Å². The van der Waals surface area contributed by atoms with Gasteiger partial charge in [0.1, 0.15) is 13.2 Å². The number of ether oxygens (including phenoxy) is 3. The van der Waals surface area contributed by atoms with Gasteiger partial charge in [-0.15, -0.1) is 0 Å². The number of hydrogen-bond donors (Lipinski definition) is 0. The molecule has 0 fully saturated rings. The maximum atomic E-state index is 12.9. The van der Waals surface area contributed by atoms with Gasteiger partial charge in [-0.25, -0.2) is 0 Å². The molecule has 0 aromatic heterocycles. The summed E-state index contributed by atoms with van der Waals surface area (Å²) in [6, 6.07) is 0. The van der Waals surface area contributed by atoms with Crippen molar-refractivity contribution in [2.24, 2.45) is 0 Å². The Hall–Kier alpha value is -3.41. The van der Waals surface area contributed by atoms with E-state index >= 15 is 0 Å². The minimum atomic E-state index is -0.775. The molecule has 0 heterocycles. The third-order valence-electron chi connectivity index (χ3n) is 15.4. The lowest BCUT2D eigenvalue weighted by Gasteiger charge is -2.18. The van der Waals surface area contributed by atoms with Gasteiger partial charge in [0.2, 0.25) is 0 Å². The lowest BCUT2D eigenvalue weighted by atomic mass is 10.0. The maximum absolute atomic E-state index is 12.9. The number of hydrogen-bond acceptors (Lipinski definition) is 6. The van der Waals surface area contributed by atoms with Gasteiger partial charge in [-0.3, -0.25) is 14.4 Å². The summed E-state index contributed by atoms with van der Waals surface area (Å²) >= 11 is 0. The van der Waals surface area contributed by atoms with Gasteiger partial charge < -0.3 is 14.2 Å². The van der Waals surface area contributed by atoms with Crippen LogP contribution in [0.4, 0.5) is 0 Å². The molecule has 0 rings (SSSR count). The van der Waals surface area contributed by atoms with Crippen LogP contribution in [0.3, 0.4) is 0 Å². The topological polar surface area (TPSA) is 78.9 Å². The van der Waals surface area contributed by atoms with Crippen molar-refractivity contribution in [3.05, 3.63) is 85.1 Å². The van der Waals surface area contributed by atoms with Crippen LogP contribution in [-0.2, 0) is 28.6 Å². The summed E-state index contributed by atoms with van der Waals surface area (Å²) in [5, 5.41) is 0. The molecule has 81 heavy (non-hydrogen) atoms. The molecule has 6 heteroatoms. The van der Waals surface area contributed by atoms with Crippen LogP contribution in [0.5, 0.6) is 0 Å². The zero-order valence-electron chi connectivity index (χ0n) is 53.8. The van der Waals surface area contributed by atoms with Gasteiger partial charge in [0.25, 0.3) is 0 Å². The first-order chi connectivity index (χ1) is 40.0. The Morgan fingerprint density at radius 1 is 0.259 bits per heavy atom. The molecule has 0 spiro atoms. The Balaban J connectivity index is 4.15. The SMILES string of the molecule is CC/C=C\C/C=C\C/C=C\C/C=C\C/C=C\CCCCCCCCCCCCCCCC(=O)OCC(COC(=O)CCCCCCCCCCC)OC(=O)CCCCCCCCCCCCCCC/C=C\C/C=C\CCCCCCC. The summed E-state index contributed by atoms with van der Waals surface area (Å²) in [6.07, 6.45) is 91.9. The molecule has 0 N–H and O–H groups in total. The highest BCUT2D eigenvalue weighted by atomic mass is 16.6. The Kier molecular flexibility index (Phi) is 66.2. The standard InChI is InChI=1S/C75H132O6/c1-4-7-10-13-16-19-21-23-25-27-29-31-33-35-36-37-38-40-41-43-45-47-49-51-53-56-59-62-65-68-74(77)80-71-72(70-79-73(76)67-64-61-58-55-18-15-12-9-6-3)81-75(78)69-66-63-60-57-54-52-50-48-46-44-42-39-34-32-30-28-26-24-22-20-17-14-11-8-5-2/h7,10,16,19,22-25,28-31,35-36,72H,4-6,8-9,11-15,17-18,20-21,26-27,32-34,37-71H2,1-3H3/b10-7-,19-16-,24-22-,25-23-,30-28-,31-29-,36-35-. The normalized spacial score (nSPS) is 12.6. The summed E-state index contributed by atoms with van der Waals surface area (Å²) in [6.45, 7) is 6.54. The van der Waals surface area contributed by atoms with Crippen molar-refractivity contribution in [1.29, 1.82) is 0 Å². The van der Waals surface area contributed by atoms with Crippen molar-refractivity contribution in [2.45, 2.75) is 361 Å². The molecule has 468 valence electrons. The number of rotatable bonds is 64. The molecular formula is C75H132O6. The molecule has 0 aliphatic rings. The highest BCUT2D eigenvalue weighted by Crippen LogP contribution is 2.17. The quantitative estimate of drug-likeness (QED) is 0.0261. The predicted octanol–water partition coefficient (Wildman–Crippen LogP) is 24.2. The number of carbonyl (C=O) groups is 3. The monoisotopic (exact) mass is 1130 g/mol. The van der Waals surface area contributed by atoms with Crippen molar-refractivity contribution in [3.63, 3.8) is 0 Å². The molecular weight excluding hydrogens is 997 g/mol. The molecule has 0 aromatic carbocycles. The largest absolute Gasteiger partial charge is 0.462 e. The fourth-order valence-electron chi connectivity index (χ4n) is 10.2. The Labute approximate surface area is 503 Å². The van der Waals surface area contributed by atoms with E-state index in [0.717, 1.165) is 96.3 Å². The Morgan fingerprint density at radius 2 is 0.481 bits per heavy atom. The van der Waals surface area contributed by atoms with E-state index in [1.165, 1.54) is 218 Å². The lowest BCUT2D eigenvalue weighted by molar-refractivity contribution is -0.167. The molecule has 0 saturated carbocycles. The minimum absolute atomic E-state index is 0.0725. The second-order valence-corrected chi connectivity index (χ2v) is 23.4. The van der Waals surface area contributed by atoms with Crippen LogP contribution in [0.15, 0.2) is 85.1 Å². The van der Waals surface area contributed by atoms with Crippen LogP contribution >= 0.6 is 0 Å². The predicted molar refractivity (Wildman–Crippen MR) is 353 cm³/mol. The molecule has 1 atom stereocenters. The Bertz CT molecular complexity index is 1530. The second-order valence-electron chi connectivity index (χ2n) is 23.4. The van der Waals surface area contributed by atoms with Crippen LogP contribution in [-0.4, -0.2) is 37.2 Å². The van der Waals surface area contributed by atoms with E-state index in [0.29, 0.717) is 19.3 Å². The summed E-state index contributed by atoms with van der Waals surface area (Å²) in [7, 11) is 0. The van der Waals surface area contributed by atoms with Crippen molar-refractivity contribution >= 4 is 17.9 Å². The third-order valence-corrected chi connectivity index (χ3v) is 15.4. The van der Waals surface area contributed by atoms with Crippen molar-refractivity contribution < 1.29 is 28.6 Å². The number of carbonyl (C=O) groups excluding carboxylic acids is 3. The molecule has 0 aliphatic carbocycles. The van der Waals surface area contributed by atoms with Gasteiger partial charge in [-0.2, -0.15) is 0 Å². The molecule has 0 aliphatic heterocycles. The van der Waals surface area contributed by atoms with Gasteiger partial charge in [-0.1, -0.05) is 324 Å². The van der Waals surface area contributed by atoms with Gasteiger partial charge in [0, 0.05) is 19.3 Å². The minimum Gasteiger partial charge on any atom is -0.462 e. The zero-order chi connectivity index (χ0) is 58.5.